The Bertz CT molecular complexity index is 641. The number of sulfonamides is 1. The molecule has 1 rings (SSSR count). The highest BCUT2D eigenvalue weighted by atomic mass is 32.2. The van der Waals surface area contributed by atoms with Crippen LogP contribution in [0.5, 0.6) is 0 Å². The molecule has 0 bridgehead atoms. The van der Waals surface area contributed by atoms with Gasteiger partial charge < -0.3 is 19.7 Å². The monoisotopic (exact) mass is 443 g/mol. The number of nitrogens with zero attached hydrogens (tertiary/aromatic N) is 1. The molecule has 2 N–H and O–H groups in total. The number of hydrogen-bond acceptors (Lipinski definition) is 6. The normalized spacial score (nSPS) is 11.8. The van der Waals surface area contributed by atoms with E-state index in [9.17, 15) is 8.42 Å². The van der Waals surface area contributed by atoms with Crippen molar-refractivity contribution in [2.24, 2.45) is 0 Å². The third-order valence-corrected chi connectivity index (χ3v) is 6.61. The summed E-state index contributed by atoms with van der Waals surface area (Å²) in [5, 5.41) is 3.06. The van der Waals surface area contributed by atoms with Crippen LogP contribution in [0, 0.1) is 0 Å². The van der Waals surface area contributed by atoms with E-state index in [-0.39, 0.29) is 5.25 Å². The van der Waals surface area contributed by atoms with Gasteiger partial charge in [0.2, 0.25) is 10.0 Å². The van der Waals surface area contributed by atoms with E-state index in [0.717, 1.165) is 63.5 Å². The molecule has 7 nitrogen and oxygen atoms in total. The Labute approximate surface area is 183 Å². The second kappa shape index (κ2) is 15.5. The molecule has 0 saturated heterocycles. The number of ether oxygens (including phenoxy) is 2. The molecule has 1 aromatic rings. The summed E-state index contributed by atoms with van der Waals surface area (Å²) < 4.78 is 37.0. The quantitative estimate of drug-likeness (QED) is 0.338. The molecule has 0 aliphatic carbocycles. The number of anilines is 2. The topological polar surface area (TPSA) is 79.9 Å². The van der Waals surface area contributed by atoms with Crippen molar-refractivity contribution in [3.63, 3.8) is 0 Å². The Kier molecular flexibility index (Phi) is 13.7. The fraction of sp³-hybridized carbons (Fsp3) is 0.727. The van der Waals surface area contributed by atoms with Gasteiger partial charge in [0.1, 0.15) is 0 Å². The molecule has 30 heavy (non-hydrogen) atoms. The lowest BCUT2D eigenvalue weighted by Crippen LogP contribution is -2.31. The van der Waals surface area contributed by atoms with Crippen LogP contribution in [-0.2, 0) is 19.5 Å². The number of benzene rings is 1. The number of hydrogen-bond donors (Lipinski definition) is 2. The average Bonchev–Trinajstić information content (AvgIpc) is 2.72. The van der Waals surface area contributed by atoms with Crippen molar-refractivity contribution < 1.29 is 17.9 Å². The van der Waals surface area contributed by atoms with Gasteiger partial charge in [0.05, 0.1) is 18.5 Å². The maximum atomic E-state index is 11.7. The third-order valence-electron chi connectivity index (χ3n) is 4.76. The minimum Gasteiger partial charge on any atom is -0.385 e. The van der Waals surface area contributed by atoms with Gasteiger partial charge in [0.25, 0.3) is 0 Å². The first-order valence-corrected chi connectivity index (χ1v) is 12.7. The summed E-state index contributed by atoms with van der Waals surface area (Å²) in [5.41, 5.74) is 2.26. The molecule has 0 spiro atoms. The molecular weight excluding hydrogens is 402 g/mol. The lowest BCUT2D eigenvalue weighted by molar-refractivity contribution is 0.141. The molecule has 8 heteroatoms. The maximum Gasteiger partial charge on any atom is 0.213 e. The summed E-state index contributed by atoms with van der Waals surface area (Å²) in [6.07, 6.45) is 2.83. The van der Waals surface area contributed by atoms with Gasteiger partial charge in [0, 0.05) is 50.8 Å². The van der Waals surface area contributed by atoms with Crippen LogP contribution in [0.1, 0.15) is 47.0 Å². The predicted molar refractivity (Wildman–Crippen MR) is 126 cm³/mol. The van der Waals surface area contributed by atoms with Crippen LogP contribution in [0.2, 0.25) is 0 Å². The van der Waals surface area contributed by atoms with E-state index in [2.05, 4.69) is 39.2 Å². The van der Waals surface area contributed by atoms with E-state index in [4.69, 9.17) is 9.47 Å². The first-order valence-electron chi connectivity index (χ1n) is 11.1. The number of rotatable bonds is 18. The molecule has 0 aromatic heterocycles. The number of unbranched alkanes of at least 4 members (excludes halogenated alkanes) is 2. The van der Waals surface area contributed by atoms with E-state index in [1.54, 1.807) is 13.8 Å². The van der Waals surface area contributed by atoms with Gasteiger partial charge in [-0.1, -0.05) is 6.42 Å². The van der Waals surface area contributed by atoms with Gasteiger partial charge in [-0.3, -0.25) is 0 Å². The van der Waals surface area contributed by atoms with E-state index >= 15 is 0 Å². The van der Waals surface area contributed by atoms with E-state index in [1.807, 2.05) is 13.8 Å². The summed E-state index contributed by atoms with van der Waals surface area (Å²) >= 11 is 0. The van der Waals surface area contributed by atoms with E-state index in [0.29, 0.717) is 19.8 Å². The Morgan fingerprint density at radius 1 is 0.900 bits per heavy atom. The zero-order chi connectivity index (χ0) is 22.2. The molecular formula is C22H41N3O4S. The highest BCUT2D eigenvalue weighted by Crippen LogP contribution is 2.18. The van der Waals surface area contributed by atoms with Gasteiger partial charge >= 0.3 is 0 Å². The smallest absolute Gasteiger partial charge is 0.213 e. The standard InChI is InChI=1S/C22H41N3O4S/c1-5-28-18-16-25(17-19-29-6-2)22-12-10-21(11-13-22)23-14-8-7-9-15-24-30(26,27)20(3)4/h10-13,20,23-24H,5-9,14-19H2,1-4H3. The summed E-state index contributed by atoms with van der Waals surface area (Å²) in [6, 6.07) is 8.45. The molecule has 0 atom stereocenters. The first-order chi connectivity index (χ1) is 14.4. The van der Waals surface area contributed by atoms with Crippen LogP contribution < -0.4 is 14.9 Å². The van der Waals surface area contributed by atoms with E-state index < -0.39 is 10.0 Å². The van der Waals surface area contributed by atoms with Crippen LogP contribution in [0.25, 0.3) is 0 Å². The number of nitrogens with one attached hydrogen (secondary N) is 2. The van der Waals surface area contributed by atoms with Crippen molar-refractivity contribution >= 4 is 21.4 Å². The molecule has 0 heterocycles. The summed E-state index contributed by atoms with van der Waals surface area (Å²) in [5.74, 6) is 0. The van der Waals surface area contributed by atoms with Gasteiger partial charge in [-0.2, -0.15) is 0 Å². The lowest BCUT2D eigenvalue weighted by atomic mass is 10.2. The predicted octanol–water partition coefficient (Wildman–Crippen LogP) is 3.48. The maximum absolute atomic E-state index is 11.7. The van der Waals surface area contributed by atoms with Gasteiger partial charge in [-0.15, -0.1) is 0 Å². The van der Waals surface area contributed by atoms with Gasteiger partial charge in [0.15, 0.2) is 0 Å². The van der Waals surface area contributed by atoms with Gasteiger partial charge in [-0.05, 0) is 64.8 Å². The average molecular weight is 444 g/mol. The SMILES string of the molecule is CCOCCN(CCOCC)c1ccc(NCCCCCNS(=O)(=O)C(C)C)cc1. The third kappa shape index (κ3) is 11.2. The minimum absolute atomic E-state index is 0.378. The van der Waals surface area contributed by atoms with Crippen LogP contribution in [-0.4, -0.2) is 66.3 Å². The zero-order valence-corrected chi connectivity index (χ0v) is 20.0. The molecule has 1 aromatic carbocycles. The van der Waals surface area contributed by atoms with Crippen LogP contribution in [0.3, 0.4) is 0 Å². The molecule has 0 radical (unpaired) electrons. The highest BCUT2D eigenvalue weighted by Gasteiger charge is 2.13. The van der Waals surface area contributed by atoms with Crippen molar-refractivity contribution in [3.05, 3.63) is 24.3 Å². The van der Waals surface area contributed by atoms with Crippen LogP contribution in [0.15, 0.2) is 24.3 Å². The van der Waals surface area contributed by atoms with Crippen LogP contribution in [0.4, 0.5) is 11.4 Å². The van der Waals surface area contributed by atoms with Crippen molar-refractivity contribution in [1.29, 1.82) is 0 Å². The Balaban J connectivity index is 2.34. The fourth-order valence-corrected chi connectivity index (χ4v) is 3.60. The second-order valence-corrected chi connectivity index (χ2v) is 9.72. The van der Waals surface area contributed by atoms with Crippen molar-refractivity contribution in [1.82, 2.24) is 4.72 Å². The lowest BCUT2D eigenvalue weighted by Gasteiger charge is -2.25. The molecule has 174 valence electrons. The Hall–Kier alpha value is -1.35. The molecule has 0 amide bonds. The zero-order valence-electron chi connectivity index (χ0n) is 19.2. The molecule has 0 unspecified atom stereocenters. The molecule has 0 aliphatic heterocycles. The molecule has 0 aliphatic rings. The highest BCUT2D eigenvalue weighted by molar-refractivity contribution is 7.90. The first kappa shape index (κ1) is 26.7. The summed E-state index contributed by atoms with van der Waals surface area (Å²) in [6.45, 7) is 13.3. The van der Waals surface area contributed by atoms with Crippen LogP contribution >= 0.6 is 0 Å². The van der Waals surface area contributed by atoms with Gasteiger partial charge in [-0.25, -0.2) is 13.1 Å². The minimum atomic E-state index is -3.15. The molecule has 0 fully saturated rings. The van der Waals surface area contributed by atoms with Crippen molar-refractivity contribution in [2.45, 2.75) is 52.2 Å². The largest absolute Gasteiger partial charge is 0.385 e. The summed E-state index contributed by atoms with van der Waals surface area (Å²) in [7, 11) is -3.15. The Morgan fingerprint density at radius 2 is 1.47 bits per heavy atom. The van der Waals surface area contributed by atoms with E-state index in [1.165, 1.54) is 0 Å². The van der Waals surface area contributed by atoms with Crippen molar-refractivity contribution in [3.8, 4) is 0 Å². The molecule has 0 saturated carbocycles. The summed E-state index contributed by atoms with van der Waals surface area (Å²) in [4.78, 5) is 2.29. The second-order valence-electron chi connectivity index (χ2n) is 7.40. The fourth-order valence-electron chi connectivity index (χ4n) is 2.84. The van der Waals surface area contributed by atoms with Crippen molar-refractivity contribution in [2.75, 3.05) is 62.8 Å². The Morgan fingerprint density at radius 3 is 2.00 bits per heavy atom.